The van der Waals surface area contributed by atoms with Gasteiger partial charge in [0.15, 0.2) is 0 Å². The van der Waals surface area contributed by atoms with Crippen molar-refractivity contribution in [2.24, 2.45) is 5.73 Å². The third-order valence-electron chi connectivity index (χ3n) is 2.83. The molecule has 96 valence electrons. The van der Waals surface area contributed by atoms with Gasteiger partial charge in [-0.3, -0.25) is 0 Å². The minimum absolute atomic E-state index is 0.0346. The zero-order valence-corrected chi connectivity index (χ0v) is 11.8. The van der Waals surface area contributed by atoms with Crippen LogP contribution in [0.15, 0.2) is 18.2 Å². The molecule has 0 aromatic heterocycles. The lowest BCUT2D eigenvalue weighted by atomic mass is 10.1. The van der Waals surface area contributed by atoms with Crippen LogP contribution in [0.25, 0.3) is 0 Å². The molecule has 0 aliphatic heterocycles. The summed E-state index contributed by atoms with van der Waals surface area (Å²) < 4.78 is 0. The van der Waals surface area contributed by atoms with E-state index < -0.39 is 0 Å². The number of rotatable bonds is 6. The van der Waals surface area contributed by atoms with Crippen LogP contribution in [0.3, 0.4) is 0 Å². The van der Waals surface area contributed by atoms with Crippen LogP contribution in [0.4, 0.5) is 5.69 Å². The van der Waals surface area contributed by atoms with Crippen molar-refractivity contribution in [3.05, 3.63) is 28.8 Å². The quantitative estimate of drug-likeness (QED) is 0.832. The van der Waals surface area contributed by atoms with Gasteiger partial charge in [-0.15, -0.1) is 0 Å². The first-order valence-corrected chi connectivity index (χ1v) is 6.77. The molecule has 0 bridgehead atoms. The van der Waals surface area contributed by atoms with Crippen molar-refractivity contribution >= 4 is 17.3 Å². The van der Waals surface area contributed by atoms with Gasteiger partial charge in [-0.1, -0.05) is 31.5 Å². The van der Waals surface area contributed by atoms with Gasteiger partial charge in [-0.05, 0) is 37.5 Å². The van der Waals surface area contributed by atoms with E-state index in [2.05, 4.69) is 30.9 Å². The van der Waals surface area contributed by atoms with E-state index in [1.807, 2.05) is 13.0 Å². The summed E-state index contributed by atoms with van der Waals surface area (Å²) in [5, 5.41) is 0.807. The van der Waals surface area contributed by atoms with Gasteiger partial charge in [0.25, 0.3) is 0 Å². The zero-order chi connectivity index (χ0) is 12.8. The monoisotopic (exact) mass is 254 g/mol. The molecule has 0 aliphatic carbocycles. The van der Waals surface area contributed by atoms with Crippen molar-refractivity contribution in [2.75, 3.05) is 18.0 Å². The number of anilines is 1. The Morgan fingerprint density at radius 1 is 1.24 bits per heavy atom. The van der Waals surface area contributed by atoms with Crippen LogP contribution in [0.2, 0.25) is 5.02 Å². The second kappa shape index (κ2) is 6.87. The van der Waals surface area contributed by atoms with E-state index in [0.717, 1.165) is 42.2 Å². The zero-order valence-electron chi connectivity index (χ0n) is 11.0. The van der Waals surface area contributed by atoms with Crippen molar-refractivity contribution in [3.63, 3.8) is 0 Å². The molecule has 0 saturated heterocycles. The van der Waals surface area contributed by atoms with Crippen LogP contribution in [-0.4, -0.2) is 13.1 Å². The van der Waals surface area contributed by atoms with Gasteiger partial charge in [-0.2, -0.15) is 0 Å². The highest BCUT2D eigenvalue weighted by Crippen LogP contribution is 2.28. The van der Waals surface area contributed by atoms with Gasteiger partial charge in [0.2, 0.25) is 0 Å². The summed E-state index contributed by atoms with van der Waals surface area (Å²) in [6, 6.07) is 6.18. The number of halogens is 1. The van der Waals surface area contributed by atoms with E-state index in [4.69, 9.17) is 17.3 Å². The number of hydrogen-bond donors (Lipinski definition) is 1. The molecule has 1 rings (SSSR count). The van der Waals surface area contributed by atoms with Gasteiger partial charge < -0.3 is 10.6 Å². The van der Waals surface area contributed by atoms with E-state index in [-0.39, 0.29) is 6.04 Å². The summed E-state index contributed by atoms with van der Waals surface area (Å²) in [6.45, 7) is 8.44. The van der Waals surface area contributed by atoms with E-state index in [1.165, 1.54) is 0 Å². The molecule has 0 aliphatic rings. The fourth-order valence-electron chi connectivity index (χ4n) is 1.96. The molecule has 0 saturated carbocycles. The summed E-state index contributed by atoms with van der Waals surface area (Å²) in [7, 11) is 0. The highest BCUT2D eigenvalue weighted by molar-refractivity contribution is 6.33. The molecule has 0 heterocycles. The fraction of sp³-hybridized carbons (Fsp3) is 0.571. The van der Waals surface area contributed by atoms with E-state index in [0.29, 0.717) is 0 Å². The van der Waals surface area contributed by atoms with Crippen LogP contribution in [-0.2, 0) is 0 Å². The summed E-state index contributed by atoms with van der Waals surface area (Å²) in [6.07, 6.45) is 2.26. The summed E-state index contributed by atoms with van der Waals surface area (Å²) in [5.74, 6) is 0. The second-order valence-electron chi connectivity index (χ2n) is 4.49. The molecule has 3 heteroatoms. The van der Waals surface area contributed by atoms with Crippen molar-refractivity contribution in [2.45, 2.75) is 39.7 Å². The number of benzene rings is 1. The van der Waals surface area contributed by atoms with Crippen LogP contribution in [0.5, 0.6) is 0 Å². The Morgan fingerprint density at radius 2 is 1.82 bits per heavy atom. The molecule has 2 nitrogen and oxygen atoms in total. The molecule has 1 unspecified atom stereocenters. The van der Waals surface area contributed by atoms with Crippen LogP contribution >= 0.6 is 11.6 Å². The second-order valence-corrected chi connectivity index (χ2v) is 4.89. The number of nitrogens with zero attached hydrogens (tertiary/aromatic N) is 1. The Labute approximate surface area is 110 Å². The van der Waals surface area contributed by atoms with Gasteiger partial charge in [-0.25, -0.2) is 0 Å². The van der Waals surface area contributed by atoms with Crippen LogP contribution in [0, 0.1) is 0 Å². The molecule has 1 aromatic carbocycles. The van der Waals surface area contributed by atoms with E-state index in [1.54, 1.807) is 0 Å². The Morgan fingerprint density at radius 3 is 2.24 bits per heavy atom. The average Bonchev–Trinajstić information content (AvgIpc) is 2.28. The van der Waals surface area contributed by atoms with E-state index in [9.17, 15) is 0 Å². The molecule has 0 amide bonds. The molecule has 2 N–H and O–H groups in total. The molecule has 0 spiro atoms. The summed E-state index contributed by atoms with van der Waals surface area (Å²) in [4.78, 5) is 2.34. The van der Waals surface area contributed by atoms with Crippen molar-refractivity contribution in [3.8, 4) is 0 Å². The minimum atomic E-state index is 0.0346. The third kappa shape index (κ3) is 3.90. The topological polar surface area (TPSA) is 29.3 Å². The smallest absolute Gasteiger partial charge is 0.0642 e. The normalized spacial score (nSPS) is 12.5. The van der Waals surface area contributed by atoms with Crippen LogP contribution in [0.1, 0.15) is 45.2 Å². The van der Waals surface area contributed by atoms with E-state index >= 15 is 0 Å². The predicted molar refractivity (Wildman–Crippen MR) is 76.8 cm³/mol. The SMILES string of the molecule is CCCN(CCC)c1ccc(C(C)N)cc1Cl. The largest absolute Gasteiger partial charge is 0.370 e. The molecule has 1 atom stereocenters. The maximum Gasteiger partial charge on any atom is 0.0642 e. The van der Waals surface area contributed by atoms with Crippen molar-refractivity contribution < 1.29 is 0 Å². The maximum absolute atomic E-state index is 6.34. The fourth-order valence-corrected chi connectivity index (χ4v) is 2.26. The highest BCUT2D eigenvalue weighted by Gasteiger charge is 2.10. The standard InChI is InChI=1S/C14H23ClN2/c1-4-8-17(9-5-2)14-7-6-12(11(3)16)10-13(14)15/h6-7,10-11H,4-5,8-9,16H2,1-3H3. The Balaban J connectivity index is 2.95. The Kier molecular flexibility index (Phi) is 5.79. The van der Waals surface area contributed by atoms with Gasteiger partial charge in [0.1, 0.15) is 0 Å². The molecule has 17 heavy (non-hydrogen) atoms. The Hall–Kier alpha value is -0.730. The lowest BCUT2D eigenvalue weighted by Crippen LogP contribution is -2.25. The van der Waals surface area contributed by atoms with Crippen LogP contribution < -0.4 is 10.6 Å². The lowest BCUT2D eigenvalue weighted by Gasteiger charge is -2.25. The maximum atomic E-state index is 6.34. The first-order chi connectivity index (χ1) is 8.10. The lowest BCUT2D eigenvalue weighted by molar-refractivity contribution is 0.744. The number of hydrogen-bond acceptors (Lipinski definition) is 2. The molecular weight excluding hydrogens is 232 g/mol. The van der Waals surface area contributed by atoms with Gasteiger partial charge in [0.05, 0.1) is 10.7 Å². The third-order valence-corrected chi connectivity index (χ3v) is 3.13. The summed E-state index contributed by atoms with van der Waals surface area (Å²) in [5.41, 5.74) is 8.07. The van der Waals surface area contributed by atoms with Gasteiger partial charge >= 0.3 is 0 Å². The van der Waals surface area contributed by atoms with Gasteiger partial charge in [0, 0.05) is 19.1 Å². The Bertz CT molecular complexity index is 344. The predicted octanol–water partition coefficient (Wildman–Crippen LogP) is 3.99. The van der Waals surface area contributed by atoms with Crippen molar-refractivity contribution in [1.82, 2.24) is 0 Å². The molecular formula is C14H23ClN2. The molecule has 0 fully saturated rings. The molecule has 1 aromatic rings. The average molecular weight is 255 g/mol. The van der Waals surface area contributed by atoms with Crippen molar-refractivity contribution in [1.29, 1.82) is 0 Å². The first kappa shape index (κ1) is 14.3. The minimum Gasteiger partial charge on any atom is -0.370 e. The molecule has 0 radical (unpaired) electrons. The first-order valence-electron chi connectivity index (χ1n) is 6.40. The summed E-state index contributed by atoms with van der Waals surface area (Å²) >= 11 is 6.34. The highest BCUT2D eigenvalue weighted by atomic mass is 35.5. The number of nitrogens with two attached hydrogens (primary N) is 1.